The first-order chi connectivity index (χ1) is 15.4. The first kappa shape index (κ1) is 19.9. The Hall–Kier alpha value is -4.00. The number of carbonyl (C=O) groups excluding carboxylic acids is 1. The molecule has 7 nitrogen and oxygen atoms in total. The van der Waals surface area contributed by atoms with Crippen molar-refractivity contribution in [3.8, 4) is 23.0 Å². The molecule has 0 saturated carbocycles. The fraction of sp³-hybridized carbons (Fsp3) is 0.200. The van der Waals surface area contributed by atoms with Crippen molar-refractivity contribution in [2.45, 2.75) is 31.3 Å². The zero-order chi connectivity index (χ0) is 22.5. The van der Waals surface area contributed by atoms with Gasteiger partial charge in [0.05, 0.1) is 5.56 Å². The standard InChI is InChI=1S/C25H20O7/c26-15-9-10-18-21(12-15)31-22-13-20(27)14(5-1-4-8-23(28)29)11-19(22)25(18)17-7-3-2-6-16(17)24(30)32-25/h2-3,6-7,9-13,26-27H,1,4-5,8H2,(H,28,29). The SMILES string of the molecule is O=C(O)CCCCc1cc2c(cc1O)Oc1cc(O)ccc1C21OC(=O)c2ccccc21. The van der Waals surface area contributed by atoms with E-state index in [0.29, 0.717) is 58.6 Å². The van der Waals surface area contributed by atoms with E-state index in [-0.39, 0.29) is 17.9 Å². The van der Waals surface area contributed by atoms with E-state index in [9.17, 15) is 19.8 Å². The summed E-state index contributed by atoms with van der Waals surface area (Å²) >= 11 is 0. The van der Waals surface area contributed by atoms with Crippen LogP contribution in [0.1, 0.15) is 51.9 Å². The van der Waals surface area contributed by atoms with Crippen LogP contribution in [0.15, 0.2) is 54.6 Å². The predicted octanol–water partition coefficient (Wildman–Crippen LogP) is 4.46. The smallest absolute Gasteiger partial charge is 0.340 e. The number of aryl methyl sites for hydroxylation is 1. The number of hydrogen-bond donors (Lipinski definition) is 3. The van der Waals surface area contributed by atoms with Crippen LogP contribution in [-0.2, 0) is 21.6 Å². The molecule has 0 fully saturated rings. The van der Waals surface area contributed by atoms with Crippen molar-refractivity contribution in [2.75, 3.05) is 0 Å². The summed E-state index contributed by atoms with van der Waals surface area (Å²) in [5.74, 6) is -0.672. The highest BCUT2D eigenvalue weighted by atomic mass is 16.6. The molecule has 7 heteroatoms. The molecule has 2 aliphatic heterocycles. The van der Waals surface area contributed by atoms with E-state index in [1.807, 2.05) is 12.1 Å². The molecule has 2 heterocycles. The molecule has 0 saturated heterocycles. The maximum absolute atomic E-state index is 12.8. The molecule has 0 amide bonds. The molecule has 1 unspecified atom stereocenters. The Morgan fingerprint density at radius 1 is 0.906 bits per heavy atom. The molecule has 0 aromatic heterocycles. The normalized spacial score (nSPS) is 17.8. The maximum atomic E-state index is 12.8. The molecule has 3 aromatic carbocycles. The molecule has 3 N–H and O–H groups in total. The highest BCUT2D eigenvalue weighted by Crippen LogP contribution is 2.57. The largest absolute Gasteiger partial charge is 0.508 e. The lowest BCUT2D eigenvalue weighted by atomic mass is 9.77. The first-order valence-electron chi connectivity index (χ1n) is 10.3. The van der Waals surface area contributed by atoms with Gasteiger partial charge in [-0.15, -0.1) is 0 Å². The van der Waals surface area contributed by atoms with Gasteiger partial charge in [-0.05, 0) is 49.1 Å². The number of fused-ring (bicyclic) bond motifs is 6. The van der Waals surface area contributed by atoms with Gasteiger partial charge in [0, 0.05) is 35.2 Å². The number of phenolic OH excluding ortho intramolecular Hbond substituents is 2. The topological polar surface area (TPSA) is 113 Å². The van der Waals surface area contributed by atoms with Gasteiger partial charge in [0.25, 0.3) is 0 Å². The van der Waals surface area contributed by atoms with E-state index in [0.717, 1.165) is 0 Å². The zero-order valence-electron chi connectivity index (χ0n) is 17.0. The number of carbonyl (C=O) groups is 2. The lowest BCUT2D eigenvalue weighted by molar-refractivity contribution is -0.137. The van der Waals surface area contributed by atoms with Crippen LogP contribution in [0.2, 0.25) is 0 Å². The third-order valence-corrected chi connectivity index (χ3v) is 5.98. The van der Waals surface area contributed by atoms with Crippen molar-refractivity contribution in [1.82, 2.24) is 0 Å². The average molecular weight is 432 g/mol. The summed E-state index contributed by atoms with van der Waals surface area (Å²) in [6, 6.07) is 15.0. The van der Waals surface area contributed by atoms with Gasteiger partial charge in [0.2, 0.25) is 0 Å². The van der Waals surface area contributed by atoms with Gasteiger partial charge in [0.1, 0.15) is 23.0 Å². The summed E-state index contributed by atoms with van der Waals surface area (Å²) < 4.78 is 12.0. The predicted molar refractivity (Wildman–Crippen MR) is 113 cm³/mol. The fourth-order valence-corrected chi connectivity index (χ4v) is 4.53. The van der Waals surface area contributed by atoms with Crippen LogP contribution in [-0.4, -0.2) is 27.3 Å². The number of ether oxygens (including phenoxy) is 2. The molecule has 1 atom stereocenters. The van der Waals surface area contributed by atoms with E-state index in [1.54, 1.807) is 24.3 Å². The number of esters is 1. The van der Waals surface area contributed by atoms with Crippen molar-refractivity contribution < 1.29 is 34.4 Å². The van der Waals surface area contributed by atoms with Crippen molar-refractivity contribution in [2.24, 2.45) is 0 Å². The van der Waals surface area contributed by atoms with Gasteiger partial charge in [-0.2, -0.15) is 0 Å². The van der Waals surface area contributed by atoms with Crippen LogP contribution in [0.25, 0.3) is 0 Å². The maximum Gasteiger partial charge on any atom is 0.340 e. The van der Waals surface area contributed by atoms with Crippen LogP contribution in [0, 0.1) is 0 Å². The highest BCUT2D eigenvalue weighted by molar-refractivity contribution is 5.97. The second kappa shape index (κ2) is 7.30. The second-order valence-corrected chi connectivity index (χ2v) is 7.98. The number of benzene rings is 3. The monoisotopic (exact) mass is 432 g/mol. The van der Waals surface area contributed by atoms with Gasteiger partial charge in [-0.25, -0.2) is 4.79 Å². The number of phenols is 2. The third kappa shape index (κ3) is 2.97. The van der Waals surface area contributed by atoms with E-state index in [2.05, 4.69) is 0 Å². The van der Waals surface area contributed by atoms with Crippen molar-refractivity contribution in [1.29, 1.82) is 0 Å². The quantitative estimate of drug-likeness (QED) is 0.403. The van der Waals surface area contributed by atoms with E-state index < -0.39 is 17.5 Å². The summed E-state index contributed by atoms with van der Waals surface area (Å²) in [6.45, 7) is 0. The van der Waals surface area contributed by atoms with Crippen molar-refractivity contribution in [3.63, 3.8) is 0 Å². The second-order valence-electron chi connectivity index (χ2n) is 7.98. The summed E-state index contributed by atoms with van der Waals surface area (Å²) in [5.41, 5.74) is 1.57. The number of unbranched alkanes of at least 4 members (excludes halogenated alkanes) is 1. The molecule has 3 aromatic rings. The first-order valence-corrected chi connectivity index (χ1v) is 10.3. The van der Waals surface area contributed by atoms with Crippen molar-refractivity contribution >= 4 is 11.9 Å². The lowest BCUT2D eigenvalue weighted by Gasteiger charge is -2.37. The molecule has 162 valence electrons. The van der Waals surface area contributed by atoms with Crippen LogP contribution in [0.4, 0.5) is 0 Å². The van der Waals surface area contributed by atoms with Crippen LogP contribution in [0.5, 0.6) is 23.0 Å². The molecule has 1 spiro atoms. The molecule has 5 rings (SSSR count). The number of rotatable bonds is 5. The average Bonchev–Trinajstić information content (AvgIpc) is 3.05. The summed E-state index contributed by atoms with van der Waals surface area (Å²) in [5, 5.41) is 29.5. The number of aliphatic carboxylic acids is 1. The molecule has 0 radical (unpaired) electrons. The molecular weight excluding hydrogens is 412 g/mol. The Balaban J connectivity index is 1.67. The number of carboxylic acid groups (broad SMARTS) is 1. The van der Waals surface area contributed by atoms with Gasteiger partial charge < -0.3 is 24.8 Å². The highest BCUT2D eigenvalue weighted by Gasteiger charge is 2.53. The summed E-state index contributed by atoms with van der Waals surface area (Å²) in [7, 11) is 0. The minimum absolute atomic E-state index is 0.000712. The van der Waals surface area contributed by atoms with E-state index in [1.165, 1.54) is 18.2 Å². The Kier molecular flexibility index (Phi) is 4.55. The van der Waals surface area contributed by atoms with Gasteiger partial charge in [-0.3, -0.25) is 4.79 Å². The van der Waals surface area contributed by atoms with Crippen LogP contribution < -0.4 is 4.74 Å². The Labute approximate surface area is 183 Å². The number of aromatic hydroxyl groups is 2. The molecular formula is C25H20O7. The van der Waals surface area contributed by atoms with E-state index in [4.69, 9.17) is 14.6 Å². The van der Waals surface area contributed by atoms with Crippen LogP contribution in [0.3, 0.4) is 0 Å². The zero-order valence-corrected chi connectivity index (χ0v) is 17.0. The molecule has 0 aliphatic carbocycles. The van der Waals surface area contributed by atoms with Crippen LogP contribution >= 0.6 is 0 Å². The van der Waals surface area contributed by atoms with Gasteiger partial charge in [0.15, 0.2) is 5.60 Å². The molecule has 0 bridgehead atoms. The summed E-state index contributed by atoms with van der Waals surface area (Å²) in [6.07, 6.45) is 1.57. The number of hydrogen-bond acceptors (Lipinski definition) is 6. The Bertz CT molecular complexity index is 1260. The Morgan fingerprint density at radius 3 is 2.50 bits per heavy atom. The number of carboxylic acids is 1. The molecule has 2 aliphatic rings. The third-order valence-electron chi connectivity index (χ3n) is 5.98. The van der Waals surface area contributed by atoms with Gasteiger partial charge >= 0.3 is 11.9 Å². The minimum Gasteiger partial charge on any atom is -0.508 e. The van der Waals surface area contributed by atoms with Crippen molar-refractivity contribution in [3.05, 3.63) is 82.4 Å². The Morgan fingerprint density at radius 2 is 1.69 bits per heavy atom. The van der Waals surface area contributed by atoms with Gasteiger partial charge in [-0.1, -0.05) is 18.2 Å². The molecule has 32 heavy (non-hydrogen) atoms. The lowest BCUT2D eigenvalue weighted by Crippen LogP contribution is -2.33. The minimum atomic E-state index is -1.28. The van der Waals surface area contributed by atoms with E-state index >= 15 is 0 Å². The summed E-state index contributed by atoms with van der Waals surface area (Å²) in [4.78, 5) is 23.6. The fourth-order valence-electron chi connectivity index (χ4n) is 4.53.